The van der Waals surface area contributed by atoms with Crippen LogP contribution >= 0.6 is 11.8 Å². The molecular formula is C14H26N2OS. The van der Waals surface area contributed by atoms with Gasteiger partial charge in [-0.1, -0.05) is 6.42 Å². The smallest absolute Gasteiger partial charge is 0.220 e. The van der Waals surface area contributed by atoms with Crippen LogP contribution in [0.15, 0.2) is 0 Å². The van der Waals surface area contributed by atoms with E-state index in [2.05, 4.69) is 16.9 Å². The molecule has 104 valence electrons. The maximum absolute atomic E-state index is 11.9. The number of rotatable bonds is 5. The predicted molar refractivity (Wildman–Crippen MR) is 78.0 cm³/mol. The van der Waals surface area contributed by atoms with Gasteiger partial charge in [-0.3, -0.25) is 4.79 Å². The van der Waals surface area contributed by atoms with Crippen molar-refractivity contribution >= 4 is 17.7 Å². The fraction of sp³-hybridized carbons (Fsp3) is 0.929. The maximum Gasteiger partial charge on any atom is 0.220 e. The first-order valence-electron chi connectivity index (χ1n) is 7.33. The van der Waals surface area contributed by atoms with Crippen molar-refractivity contribution in [1.82, 2.24) is 10.6 Å². The Labute approximate surface area is 115 Å². The molecule has 2 rings (SSSR count). The first-order valence-corrected chi connectivity index (χ1v) is 8.62. The molecule has 1 heterocycles. The Morgan fingerprint density at radius 2 is 2.22 bits per heavy atom. The summed E-state index contributed by atoms with van der Waals surface area (Å²) in [6, 6.07) is 1.02. The Balaban J connectivity index is 1.63. The van der Waals surface area contributed by atoms with Gasteiger partial charge in [-0.15, -0.1) is 0 Å². The lowest BCUT2D eigenvalue weighted by molar-refractivity contribution is -0.122. The molecular weight excluding hydrogens is 244 g/mol. The van der Waals surface area contributed by atoms with Gasteiger partial charge in [0.2, 0.25) is 5.91 Å². The van der Waals surface area contributed by atoms with Gasteiger partial charge < -0.3 is 10.6 Å². The van der Waals surface area contributed by atoms with E-state index in [1.807, 2.05) is 11.8 Å². The molecule has 0 aromatic heterocycles. The predicted octanol–water partition coefficient (Wildman–Crippen LogP) is 2.31. The average molecular weight is 270 g/mol. The Hall–Kier alpha value is -0.220. The lowest BCUT2D eigenvalue weighted by Gasteiger charge is -2.28. The van der Waals surface area contributed by atoms with Crippen LogP contribution in [0.3, 0.4) is 0 Å². The van der Waals surface area contributed by atoms with E-state index in [0.29, 0.717) is 18.5 Å². The molecule has 3 unspecified atom stereocenters. The number of hydrogen-bond donors (Lipinski definition) is 2. The third kappa shape index (κ3) is 4.47. The standard InChI is InChI=1S/C14H26N2OS/c1-18-13-6-2-4-12(10-13)16-14(17)8-7-11-5-3-9-15-11/h11-13,15H,2-10H2,1H3,(H,16,17). The van der Waals surface area contributed by atoms with Crippen molar-refractivity contribution < 1.29 is 4.79 Å². The lowest BCUT2D eigenvalue weighted by atomic mass is 9.94. The second kappa shape index (κ2) is 7.39. The molecule has 0 bridgehead atoms. The van der Waals surface area contributed by atoms with Crippen LogP contribution in [0.2, 0.25) is 0 Å². The SMILES string of the molecule is CSC1CCCC(NC(=O)CCC2CCCN2)C1. The summed E-state index contributed by atoms with van der Waals surface area (Å²) in [5.74, 6) is 0.260. The van der Waals surface area contributed by atoms with Crippen molar-refractivity contribution in [2.45, 2.75) is 68.7 Å². The summed E-state index contributed by atoms with van der Waals surface area (Å²) in [6.45, 7) is 1.13. The topological polar surface area (TPSA) is 41.1 Å². The van der Waals surface area contributed by atoms with Crippen molar-refractivity contribution in [2.75, 3.05) is 12.8 Å². The molecule has 1 amide bonds. The highest BCUT2D eigenvalue weighted by Gasteiger charge is 2.23. The van der Waals surface area contributed by atoms with Crippen molar-refractivity contribution in [3.63, 3.8) is 0 Å². The number of carbonyl (C=O) groups is 1. The van der Waals surface area contributed by atoms with Gasteiger partial charge in [0, 0.05) is 23.8 Å². The zero-order valence-electron chi connectivity index (χ0n) is 11.4. The second-order valence-electron chi connectivity index (χ2n) is 5.62. The zero-order chi connectivity index (χ0) is 12.8. The van der Waals surface area contributed by atoms with E-state index in [-0.39, 0.29) is 5.91 Å². The van der Waals surface area contributed by atoms with Crippen LogP contribution in [0.1, 0.15) is 51.4 Å². The number of thioether (sulfide) groups is 1. The highest BCUT2D eigenvalue weighted by Crippen LogP contribution is 2.26. The van der Waals surface area contributed by atoms with Crippen LogP contribution in [0.4, 0.5) is 0 Å². The normalized spacial score (nSPS) is 32.4. The molecule has 1 aliphatic carbocycles. The van der Waals surface area contributed by atoms with Crippen LogP contribution in [0, 0.1) is 0 Å². The molecule has 2 aliphatic rings. The molecule has 3 nitrogen and oxygen atoms in total. The van der Waals surface area contributed by atoms with Gasteiger partial charge in [-0.05, 0) is 51.3 Å². The summed E-state index contributed by atoms with van der Waals surface area (Å²) in [7, 11) is 0. The molecule has 2 N–H and O–H groups in total. The van der Waals surface area contributed by atoms with E-state index in [9.17, 15) is 4.79 Å². The lowest BCUT2D eigenvalue weighted by Crippen LogP contribution is -2.39. The van der Waals surface area contributed by atoms with E-state index in [0.717, 1.165) is 24.6 Å². The van der Waals surface area contributed by atoms with Gasteiger partial charge in [0.25, 0.3) is 0 Å². The van der Waals surface area contributed by atoms with Gasteiger partial charge in [-0.25, -0.2) is 0 Å². The van der Waals surface area contributed by atoms with Crippen molar-refractivity contribution in [2.24, 2.45) is 0 Å². The zero-order valence-corrected chi connectivity index (χ0v) is 12.2. The van der Waals surface area contributed by atoms with Crippen molar-refractivity contribution in [3.05, 3.63) is 0 Å². The molecule has 0 radical (unpaired) electrons. The van der Waals surface area contributed by atoms with Crippen LogP contribution < -0.4 is 10.6 Å². The number of nitrogens with one attached hydrogen (secondary N) is 2. The third-order valence-corrected chi connectivity index (χ3v) is 5.30. The molecule has 0 aromatic carbocycles. The van der Waals surface area contributed by atoms with Gasteiger partial charge in [0.05, 0.1) is 0 Å². The monoisotopic (exact) mass is 270 g/mol. The first kappa shape index (κ1) is 14.2. The molecule has 1 saturated carbocycles. The minimum absolute atomic E-state index is 0.260. The Bertz CT molecular complexity index is 267. The highest BCUT2D eigenvalue weighted by molar-refractivity contribution is 7.99. The first-order chi connectivity index (χ1) is 8.78. The van der Waals surface area contributed by atoms with Gasteiger partial charge in [-0.2, -0.15) is 11.8 Å². The molecule has 0 spiro atoms. The van der Waals surface area contributed by atoms with E-state index < -0.39 is 0 Å². The van der Waals surface area contributed by atoms with E-state index in [1.54, 1.807) is 0 Å². The Kier molecular flexibility index (Phi) is 5.83. The Morgan fingerprint density at radius 3 is 2.94 bits per heavy atom. The van der Waals surface area contributed by atoms with Gasteiger partial charge >= 0.3 is 0 Å². The molecule has 4 heteroatoms. The molecule has 1 aliphatic heterocycles. The highest BCUT2D eigenvalue weighted by atomic mass is 32.2. The van der Waals surface area contributed by atoms with Crippen LogP contribution in [-0.4, -0.2) is 36.0 Å². The van der Waals surface area contributed by atoms with E-state index in [1.165, 1.54) is 32.1 Å². The van der Waals surface area contributed by atoms with Crippen LogP contribution in [0.25, 0.3) is 0 Å². The summed E-state index contributed by atoms with van der Waals surface area (Å²) in [5, 5.41) is 7.43. The molecule has 1 saturated heterocycles. The fourth-order valence-corrected chi connectivity index (χ4v) is 3.93. The summed E-state index contributed by atoms with van der Waals surface area (Å²) in [4.78, 5) is 11.9. The van der Waals surface area contributed by atoms with Crippen LogP contribution in [0.5, 0.6) is 0 Å². The van der Waals surface area contributed by atoms with Gasteiger partial charge in [0.15, 0.2) is 0 Å². The molecule has 18 heavy (non-hydrogen) atoms. The van der Waals surface area contributed by atoms with E-state index in [4.69, 9.17) is 0 Å². The van der Waals surface area contributed by atoms with Crippen LogP contribution in [-0.2, 0) is 4.79 Å². The summed E-state index contributed by atoms with van der Waals surface area (Å²) in [5.41, 5.74) is 0. The summed E-state index contributed by atoms with van der Waals surface area (Å²) in [6.07, 6.45) is 11.3. The van der Waals surface area contributed by atoms with Crippen molar-refractivity contribution in [1.29, 1.82) is 0 Å². The fourth-order valence-electron chi connectivity index (χ4n) is 3.10. The second-order valence-corrected chi connectivity index (χ2v) is 6.76. The minimum atomic E-state index is 0.260. The minimum Gasteiger partial charge on any atom is -0.353 e. The summed E-state index contributed by atoms with van der Waals surface area (Å²) < 4.78 is 0. The molecule has 2 fully saturated rings. The maximum atomic E-state index is 11.9. The molecule has 0 aromatic rings. The number of amides is 1. The largest absolute Gasteiger partial charge is 0.353 e. The van der Waals surface area contributed by atoms with Gasteiger partial charge in [0.1, 0.15) is 0 Å². The van der Waals surface area contributed by atoms with E-state index >= 15 is 0 Å². The summed E-state index contributed by atoms with van der Waals surface area (Å²) >= 11 is 1.95. The quantitative estimate of drug-likeness (QED) is 0.805. The third-order valence-electron chi connectivity index (χ3n) is 4.21. The number of carbonyl (C=O) groups excluding carboxylic acids is 1. The average Bonchev–Trinajstić information content (AvgIpc) is 2.90. The van der Waals surface area contributed by atoms with Crippen molar-refractivity contribution in [3.8, 4) is 0 Å². The number of hydrogen-bond acceptors (Lipinski definition) is 3. The Morgan fingerprint density at radius 1 is 1.33 bits per heavy atom. The molecule has 3 atom stereocenters.